The van der Waals surface area contributed by atoms with Gasteiger partial charge in [0.25, 0.3) is 0 Å². The van der Waals surface area contributed by atoms with E-state index >= 15 is 0 Å². The first-order valence-corrected chi connectivity index (χ1v) is 7.00. The van der Waals surface area contributed by atoms with Crippen LogP contribution >= 0.6 is 11.8 Å². The summed E-state index contributed by atoms with van der Waals surface area (Å²) in [5, 5.41) is 10.6. The molecule has 0 spiro atoms. The van der Waals surface area contributed by atoms with Crippen molar-refractivity contribution in [3.8, 4) is 5.40 Å². The lowest BCUT2D eigenvalue weighted by molar-refractivity contribution is 0.684. The summed E-state index contributed by atoms with van der Waals surface area (Å²) in [6, 6.07) is 6.95. The van der Waals surface area contributed by atoms with Crippen molar-refractivity contribution in [3.63, 3.8) is 0 Å². The summed E-state index contributed by atoms with van der Waals surface area (Å²) in [6.45, 7) is 0. The zero-order valence-electron chi connectivity index (χ0n) is 9.54. The lowest BCUT2D eigenvalue weighted by Gasteiger charge is -2.16. The van der Waals surface area contributed by atoms with E-state index in [1.165, 1.54) is 43.0 Å². The summed E-state index contributed by atoms with van der Waals surface area (Å²) in [5.41, 5.74) is 4.57. The van der Waals surface area contributed by atoms with Crippen LogP contribution in [0, 0.1) is 10.7 Å². The van der Waals surface area contributed by atoms with Gasteiger partial charge in [0.05, 0.1) is 0 Å². The minimum Gasteiger partial charge on any atom is -0.185 e. The average Bonchev–Trinajstić information content (AvgIpc) is 2.34. The standard InChI is InChI=1S/C14H17NS/c15-11-16-9-3-4-12-7-8-13-5-1-2-6-14(13)10-12/h7-8,10H,1-6,9H2. The van der Waals surface area contributed by atoms with Gasteiger partial charge in [-0.1, -0.05) is 18.2 Å². The largest absolute Gasteiger partial charge is 0.185 e. The van der Waals surface area contributed by atoms with Crippen LogP contribution in [0.25, 0.3) is 0 Å². The quantitative estimate of drug-likeness (QED) is 0.582. The van der Waals surface area contributed by atoms with Gasteiger partial charge in [-0.2, -0.15) is 5.26 Å². The van der Waals surface area contributed by atoms with Crippen molar-refractivity contribution in [1.29, 1.82) is 5.26 Å². The van der Waals surface area contributed by atoms with Crippen molar-refractivity contribution in [2.24, 2.45) is 0 Å². The van der Waals surface area contributed by atoms with E-state index in [9.17, 15) is 0 Å². The van der Waals surface area contributed by atoms with Gasteiger partial charge >= 0.3 is 0 Å². The third-order valence-electron chi connectivity index (χ3n) is 3.19. The third kappa shape index (κ3) is 3.02. The molecule has 1 aliphatic carbocycles. The van der Waals surface area contributed by atoms with Crippen LogP contribution in [0.2, 0.25) is 0 Å². The van der Waals surface area contributed by atoms with Crippen molar-refractivity contribution in [2.75, 3.05) is 5.75 Å². The molecule has 0 bridgehead atoms. The molecule has 1 aromatic carbocycles. The van der Waals surface area contributed by atoms with E-state index in [4.69, 9.17) is 5.26 Å². The molecule has 0 unspecified atom stereocenters. The number of hydrogen-bond acceptors (Lipinski definition) is 2. The Morgan fingerprint density at radius 3 is 2.81 bits per heavy atom. The monoisotopic (exact) mass is 231 g/mol. The number of nitrogens with zero attached hydrogens (tertiary/aromatic N) is 1. The number of hydrogen-bond donors (Lipinski definition) is 0. The van der Waals surface area contributed by atoms with Gasteiger partial charge in [0.2, 0.25) is 0 Å². The fourth-order valence-electron chi connectivity index (χ4n) is 2.34. The fraction of sp³-hybridized carbons (Fsp3) is 0.500. The Kier molecular flexibility index (Phi) is 4.30. The fourth-order valence-corrected chi connectivity index (χ4v) is 2.72. The van der Waals surface area contributed by atoms with Gasteiger partial charge in [0.15, 0.2) is 0 Å². The van der Waals surface area contributed by atoms with Crippen LogP contribution in [0.4, 0.5) is 0 Å². The molecule has 2 rings (SSSR count). The summed E-state index contributed by atoms with van der Waals surface area (Å²) in [6.07, 6.45) is 7.45. The summed E-state index contributed by atoms with van der Waals surface area (Å²) in [5.74, 6) is 0.952. The second-order valence-electron chi connectivity index (χ2n) is 4.35. The molecule has 0 heterocycles. The number of benzene rings is 1. The predicted octanol–water partition coefficient (Wildman–Crippen LogP) is 3.71. The Balaban J connectivity index is 1.93. The van der Waals surface area contributed by atoms with Crippen LogP contribution in [0.15, 0.2) is 18.2 Å². The van der Waals surface area contributed by atoms with Gasteiger partial charge < -0.3 is 0 Å². The molecular weight excluding hydrogens is 214 g/mol. The topological polar surface area (TPSA) is 23.8 Å². The second kappa shape index (κ2) is 5.96. The van der Waals surface area contributed by atoms with Gasteiger partial charge in [-0.3, -0.25) is 0 Å². The molecule has 16 heavy (non-hydrogen) atoms. The van der Waals surface area contributed by atoms with E-state index in [2.05, 4.69) is 23.6 Å². The summed E-state index contributed by atoms with van der Waals surface area (Å²) < 4.78 is 0. The van der Waals surface area contributed by atoms with Gasteiger partial charge in [0, 0.05) is 5.75 Å². The number of aryl methyl sites for hydroxylation is 3. The predicted molar refractivity (Wildman–Crippen MR) is 69.5 cm³/mol. The third-order valence-corrected chi connectivity index (χ3v) is 3.81. The van der Waals surface area contributed by atoms with Crippen molar-refractivity contribution < 1.29 is 0 Å². The highest BCUT2D eigenvalue weighted by Gasteiger charge is 2.08. The van der Waals surface area contributed by atoms with Crippen molar-refractivity contribution >= 4 is 11.8 Å². The lowest BCUT2D eigenvalue weighted by Crippen LogP contribution is -2.03. The molecule has 84 valence electrons. The zero-order chi connectivity index (χ0) is 11.2. The number of rotatable bonds is 4. The average molecular weight is 231 g/mol. The van der Waals surface area contributed by atoms with E-state index in [0.717, 1.165) is 18.6 Å². The Bertz CT molecular complexity index is 392. The van der Waals surface area contributed by atoms with Crippen molar-refractivity contribution in [2.45, 2.75) is 38.5 Å². The summed E-state index contributed by atoms with van der Waals surface area (Å²) in [7, 11) is 0. The first-order chi connectivity index (χ1) is 7.90. The van der Waals surface area contributed by atoms with E-state index in [-0.39, 0.29) is 0 Å². The Morgan fingerprint density at radius 2 is 2.00 bits per heavy atom. The maximum atomic E-state index is 8.43. The van der Waals surface area contributed by atoms with Crippen LogP contribution in [0.5, 0.6) is 0 Å². The van der Waals surface area contributed by atoms with E-state index in [0.29, 0.717) is 0 Å². The molecule has 2 heteroatoms. The molecule has 0 radical (unpaired) electrons. The molecule has 0 fully saturated rings. The van der Waals surface area contributed by atoms with Gasteiger partial charge in [-0.15, -0.1) is 0 Å². The van der Waals surface area contributed by atoms with Gasteiger partial charge in [-0.05, 0) is 67.0 Å². The maximum absolute atomic E-state index is 8.43. The van der Waals surface area contributed by atoms with Crippen LogP contribution < -0.4 is 0 Å². The number of nitriles is 1. The Hall–Kier alpha value is -0.940. The summed E-state index contributed by atoms with van der Waals surface area (Å²) in [4.78, 5) is 0. The Labute approximate surface area is 102 Å². The lowest BCUT2D eigenvalue weighted by atomic mass is 9.90. The van der Waals surface area contributed by atoms with E-state index in [1.807, 2.05) is 0 Å². The molecule has 1 aromatic rings. The van der Waals surface area contributed by atoms with E-state index < -0.39 is 0 Å². The van der Waals surface area contributed by atoms with Crippen LogP contribution in [-0.4, -0.2) is 5.75 Å². The molecule has 0 atom stereocenters. The highest BCUT2D eigenvalue weighted by molar-refractivity contribution is 8.03. The minimum atomic E-state index is 0.952. The van der Waals surface area contributed by atoms with E-state index in [1.54, 1.807) is 11.1 Å². The molecule has 0 aromatic heterocycles. The van der Waals surface area contributed by atoms with Crippen LogP contribution in [-0.2, 0) is 19.3 Å². The molecule has 0 amide bonds. The van der Waals surface area contributed by atoms with Crippen LogP contribution in [0.1, 0.15) is 36.0 Å². The highest BCUT2D eigenvalue weighted by Crippen LogP contribution is 2.22. The minimum absolute atomic E-state index is 0.952. The van der Waals surface area contributed by atoms with Crippen molar-refractivity contribution in [1.82, 2.24) is 0 Å². The van der Waals surface area contributed by atoms with Crippen LogP contribution in [0.3, 0.4) is 0 Å². The highest BCUT2D eigenvalue weighted by atomic mass is 32.2. The molecule has 0 aliphatic heterocycles. The number of thiocyanates is 1. The maximum Gasteiger partial charge on any atom is 0.133 e. The second-order valence-corrected chi connectivity index (χ2v) is 5.23. The summed E-state index contributed by atoms with van der Waals surface area (Å²) >= 11 is 1.36. The molecule has 0 saturated carbocycles. The molecule has 0 N–H and O–H groups in total. The van der Waals surface area contributed by atoms with Gasteiger partial charge in [-0.25, -0.2) is 0 Å². The van der Waals surface area contributed by atoms with Crippen molar-refractivity contribution in [3.05, 3.63) is 34.9 Å². The first-order valence-electron chi connectivity index (χ1n) is 6.02. The first kappa shape index (κ1) is 11.5. The molecule has 1 aliphatic rings. The normalized spacial score (nSPS) is 14.2. The smallest absolute Gasteiger partial charge is 0.133 e. The zero-order valence-corrected chi connectivity index (χ0v) is 10.4. The number of thioether (sulfide) groups is 1. The van der Waals surface area contributed by atoms with Gasteiger partial charge in [0.1, 0.15) is 5.40 Å². The molecular formula is C14H17NS. The molecule has 1 nitrogen and oxygen atoms in total. The number of fused-ring (bicyclic) bond motifs is 1. The Morgan fingerprint density at radius 1 is 1.19 bits per heavy atom. The SMILES string of the molecule is N#CSCCCc1ccc2c(c1)CCCC2. The molecule has 0 saturated heterocycles.